The van der Waals surface area contributed by atoms with Gasteiger partial charge in [0.2, 0.25) is 0 Å². The first kappa shape index (κ1) is 17.4. The van der Waals surface area contributed by atoms with Crippen molar-refractivity contribution in [3.05, 3.63) is 41.1 Å². The van der Waals surface area contributed by atoms with E-state index < -0.39 is 5.97 Å². The van der Waals surface area contributed by atoms with Gasteiger partial charge in [-0.3, -0.25) is 9.78 Å². The average Bonchev–Trinajstić information content (AvgIpc) is 2.82. The van der Waals surface area contributed by atoms with E-state index in [0.29, 0.717) is 5.56 Å². The molecule has 1 aromatic heterocycles. The topological polar surface area (TPSA) is 68.3 Å². The predicted molar refractivity (Wildman–Crippen MR) is 96.6 cm³/mol. The van der Waals surface area contributed by atoms with Gasteiger partial charge in [-0.05, 0) is 51.2 Å². The quantitative estimate of drug-likeness (QED) is 0.685. The summed E-state index contributed by atoms with van der Waals surface area (Å²) < 4.78 is 5.33. The zero-order valence-corrected chi connectivity index (χ0v) is 14.8. The van der Waals surface area contributed by atoms with E-state index in [4.69, 9.17) is 9.72 Å². The second-order valence-corrected chi connectivity index (χ2v) is 6.79. The molecule has 132 valence electrons. The van der Waals surface area contributed by atoms with Gasteiger partial charge < -0.3 is 10.1 Å². The number of carbonyl (C=O) groups excluding carboxylic acids is 2. The van der Waals surface area contributed by atoms with Crippen molar-refractivity contribution in [2.24, 2.45) is 0 Å². The summed E-state index contributed by atoms with van der Waals surface area (Å²) >= 11 is 0. The Labute approximate surface area is 147 Å². The molecule has 0 atom stereocenters. The van der Waals surface area contributed by atoms with Gasteiger partial charge in [-0.1, -0.05) is 24.6 Å². The van der Waals surface area contributed by atoms with Crippen molar-refractivity contribution in [2.45, 2.75) is 52.0 Å². The first-order valence-corrected chi connectivity index (χ1v) is 8.93. The Balaban J connectivity index is 1.94. The molecule has 0 bridgehead atoms. The number of aromatic nitrogens is 1. The van der Waals surface area contributed by atoms with Gasteiger partial charge in [-0.15, -0.1) is 0 Å². The maximum atomic E-state index is 12.8. The Hall–Kier alpha value is -2.43. The van der Waals surface area contributed by atoms with Crippen LogP contribution in [0.3, 0.4) is 0 Å². The number of rotatable bonds is 4. The zero-order chi connectivity index (χ0) is 17.8. The highest BCUT2D eigenvalue weighted by Crippen LogP contribution is 2.29. The van der Waals surface area contributed by atoms with Gasteiger partial charge in [0.05, 0.1) is 11.1 Å². The number of pyridine rings is 1. The molecule has 5 heteroatoms. The maximum absolute atomic E-state index is 12.8. The molecule has 0 aliphatic heterocycles. The smallest absolute Gasteiger partial charge is 0.339 e. The predicted octanol–water partition coefficient (Wildman–Crippen LogP) is 3.19. The molecule has 0 radical (unpaired) electrons. The largest absolute Gasteiger partial charge is 0.452 e. The summed E-state index contributed by atoms with van der Waals surface area (Å²) in [6, 6.07) is 7.66. The summed E-state index contributed by atoms with van der Waals surface area (Å²) in [4.78, 5) is 29.4. The lowest BCUT2D eigenvalue weighted by molar-refractivity contribution is -0.124. The van der Waals surface area contributed by atoms with Gasteiger partial charge in [-0.2, -0.15) is 0 Å². The second-order valence-electron chi connectivity index (χ2n) is 6.79. The Kier molecular flexibility index (Phi) is 5.31. The molecular weight excluding hydrogens is 316 g/mol. The summed E-state index contributed by atoms with van der Waals surface area (Å²) in [6.07, 6.45) is 4.98. The number of hydrogen-bond acceptors (Lipinski definition) is 4. The minimum atomic E-state index is -0.435. The average molecular weight is 340 g/mol. The Morgan fingerprint density at radius 1 is 1.16 bits per heavy atom. The van der Waals surface area contributed by atoms with Crippen LogP contribution >= 0.6 is 0 Å². The van der Waals surface area contributed by atoms with Crippen LogP contribution in [0.25, 0.3) is 10.9 Å². The van der Waals surface area contributed by atoms with Crippen molar-refractivity contribution in [3.8, 4) is 0 Å². The lowest BCUT2D eigenvalue weighted by Gasteiger charge is -2.15. The van der Waals surface area contributed by atoms with E-state index in [-0.39, 0.29) is 18.6 Å². The third-order valence-electron chi connectivity index (χ3n) is 4.41. The molecule has 3 rings (SSSR count). The van der Waals surface area contributed by atoms with Crippen molar-refractivity contribution in [1.82, 2.24) is 10.3 Å². The molecule has 0 unspecified atom stereocenters. The van der Waals surface area contributed by atoms with E-state index in [0.717, 1.165) is 54.3 Å². The number of carbonyl (C=O) groups is 2. The highest BCUT2D eigenvalue weighted by atomic mass is 16.5. The summed E-state index contributed by atoms with van der Waals surface area (Å²) in [5.74, 6) is -0.719. The number of hydrogen-bond donors (Lipinski definition) is 1. The lowest BCUT2D eigenvalue weighted by Crippen LogP contribution is -2.34. The number of nitrogens with one attached hydrogen (secondary N) is 1. The summed E-state index contributed by atoms with van der Waals surface area (Å²) in [5.41, 5.74) is 3.38. The minimum absolute atomic E-state index is 0.0178. The number of ether oxygens (including phenoxy) is 1. The van der Waals surface area contributed by atoms with Gasteiger partial charge in [-0.25, -0.2) is 4.79 Å². The number of benzene rings is 1. The second kappa shape index (κ2) is 7.64. The highest BCUT2D eigenvalue weighted by molar-refractivity contribution is 6.05. The van der Waals surface area contributed by atoms with Gasteiger partial charge in [0.25, 0.3) is 5.91 Å². The van der Waals surface area contributed by atoms with Crippen LogP contribution in [0.1, 0.15) is 54.7 Å². The van der Waals surface area contributed by atoms with Crippen LogP contribution in [0.4, 0.5) is 0 Å². The Morgan fingerprint density at radius 3 is 2.72 bits per heavy atom. The van der Waals surface area contributed by atoms with Crippen LogP contribution in [-0.4, -0.2) is 29.5 Å². The summed E-state index contributed by atoms with van der Waals surface area (Å²) in [6.45, 7) is 3.48. The molecule has 1 N–H and O–H groups in total. The normalized spacial score (nSPS) is 14.0. The molecule has 1 aliphatic rings. The molecule has 1 aromatic carbocycles. The number of esters is 1. The third kappa shape index (κ3) is 3.98. The minimum Gasteiger partial charge on any atom is -0.452 e. The number of amides is 1. The van der Waals surface area contributed by atoms with Gasteiger partial charge in [0.1, 0.15) is 0 Å². The van der Waals surface area contributed by atoms with E-state index >= 15 is 0 Å². The van der Waals surface area contributed by atoms with Crippen LogP contribution in [0.15, 0.2) is 24.3 Å². The van der Waals surface area contributed by atoms with Crippen LogP contribution in [0.5, 0.6) is 0 Å². The van der Waals surface area contributed by atoms with Crippen molar-refractivity contribution in [3.63, 3.8) is 0 Å². The first-order chi connectivity index (χ1) is 12.1. The van der Waals surface area contributed by atoms with Crippen molar-refractivity contribution in [2.75, 3.05) is 6.61 Å². The molecule has 0 spiro atoms. The monoisotopic (exact) mass is 340 g/mol. The molecule has 25 heavy (non-hydrogen) atoms. The molecule has 1 aliphatic carbocycles. The molecular formula is C20H24N2O3. The Bertz CT molecular complexity index is 799. The van der Waals surface area contributed by atoms with Crippen molar-refractivity contribution in [1.29, 1.82) is 0 Å². The van der Waals surface area contributed by atoms with Crippen LogP contribution in [-0.2, 0) is 22.4 Å². The summed E-state index contributed by atoms with van der Waals surface area (Å²) in [7, 11) is 0. The van der Waals surface area contributed by atoms with Crippen LogP contribution in [0.2, 0.25) is 0 Å². The molecule has 0 saturated carbocycles. The first-order valence-electron chi connectivity index (χ1n) is 8.93. The molecule has 5 nitrogen and oxygen atoms in total. The van der Waals surface area contributed by atoms with E-state index in [1.54, 1.807) is 0 Å². The fourth-order valence-corrected chi connectivity index (χ4v) is 3.35. The number of nitrogens with zero attached hydrogens (tertiary/aromatic N) is 1. The Morgan fingerprint density at radius 2 is 1.92 bits per heavy atom. The molecule has 0 saturated heterocycles. The van der Waals surface area contributed by atoms with E-state index in [2.05, 4.69) is 5.32 Å². The molecule has 1 heterocycles. The standard InChI is InChI=1S/C20H24N2O3/c1-13(2)21-18(23)12-25-20(24)19-14-8-4-3-5-10-16(14)22-17-11-7-6-9-15(17)19/h6-7,9,11,13H,3-5,8,10,12H2,1-2H3,(H,21,23). The van der Waals surface area contributed by atoms with Crippen molar-refractivity contribution >= 4 is 22.8 Å². The fraction of sp³-hybridized carbons (Fsp3) is 0.450. The third-order valence-corrected chi connectivity index (χ3v) is 4.41. The summed E-state index contributed by atoms with van der Waals surface area (Å²) in [5, 5.41) is 3.53. The van der Waals surface area contributed by atoms with Gasteiger partial charge >= 0.3 is 5.97 Å². The number of fused-ring (bicyclic) bond motifs is 2. The van der Waals surface area contributed by atoms with E-state index in [1.807, 2.05) is 38.1 Å². The highest BCUT2D eigenvalue weighted by Gasteiger charge is 2.23. The molecule has 0 fully saturated rings. The van der Waals surface area contributed by atoms with Crippen LogP contribution < -0.4 is 5.32 Å². The van der Waals surface area contributed by atoms with Gasteiger partial charge in [0, 0.05) is 17.1 Å². The molecule has 1 amide bonds. The number of aryl methyl sites for hydroxylation is 1. The lowest BCUT2D eigenvalue weighted by atomic mass is 9.97. The van der Waals surface area contributed by atoms with Crippen molar-refractivity contribution < 1.29 is 14.3 Å². The molecule has 2 aromatic rings. The zero-order valence-electron chi connectivity index (χ0n) is 14.8. The SMILES string of the molecule is CC(C)NC(=O)COC(=O)c1c2c(nc3ccccc13)CCCCC2. The fourth-order valence-electron chi connectivity index (χ4n) is 3.35. The van der Waals surface area contributed by atoms with Crippen LogP contribution in [0, 0.1) is 0 Å². The van der Waals surface area contributed by atoms with E-state index in [1.165, 1.54) is 0 Å². The van der Waals surface area contributed by atoms with E-state index in [9.17, 15) is 9.59 Å². The maximum Gasteiger partial charge on any atom is 0.339 e. The number of para-hydroxylation sites is 1. The van der Waals surface area contributed by atoms with Gasteiger partial charge in [0.15, 0.2) is 6.61 Å².